The van der Waals surface area contributed by atoms with Crippen LogP contribution in [0.4, 0.5) is 4.79 Å². The molecular weight excluding hydrogens is 422 g/mol. The molecule has 0 aliphatic rings. The third-order valence-corrected chi connectivity index (χ3v) is 4.43. The smallest absolute Gasteiger partial charge is 0.480 e. The molecule has 0 amide bonds. The molecule has 10 heteroatoms. The van der Waals surface area contributed by atoms with E-state index < -0.39 is 35.7 Å². The molecule has 0 spiro atoms. The molecule has 32 heavy (non-hydrogen) atoms. The number of carboxylic acids is 1. The summed E-state index contributed by atoms with van der Waals surface area (Å²) in [6.45, 7) is 5.13. The van der Waals surface area contributed by atoms with Gasteiger partial charge in [-0.05, 0) is 37.5 Å². The van der Waals surface area contributed by atoms with Crippen molar-refractivity contribution in [3.63, 3.8) is 0 Å². The highest BCUT2D eigenvalue weighted by Crippen LogP contribution is 2.31. The first-order valence-electron chi connectivity index (χ1n) is 10.4. The lowest BCUT2D eigenvalue weighted by Crippen LogP contribution is -2.52. The van der Waals surface area contributed by atoms with Crippen molar-refractivity contribution >= 4 is 24.1 Å². The quantitative estimate of drug-likeness (QED) is 0.357. The Kier molecular flexibility index (Phi) is 10.6. The van der Waals surface area contributed by atoms with Crippen molar-refractivity contribution in [3.8, 4) is 11.5 Å². The predicted octanol–water partition coefficient (Wildman–Crippen LogP) is 2.98. The van der Waals surface area contributed by atoms with Gasteiger partial charge in [0.2, 0.25) is 0 Å². The van der Waals surface area contributed by atoms with Crippen LogP contribution >= 0.6 is 0 Å². The summed E-state index contributed by atoms with van der Waals surface area (Å²) in [6.07, 6.45) is -0.658. The average molecular weight is 453 g/mol. The van der Waals surface area contributed by atoms with Crippen LogP contribution in [0.25, 0.3) is 0 Å². The van der Waals surface area contributed by atoms with Crippen LogP contribution in [-0.4, -0.2) is 47.9 Å². The summed E-state index contributed by atoms with van der Waals surface area (Å²) in [5, 5.41) is 9.70. The highest BCUT2D eigenvalue weighted by atomic mass is 16.7. The first kappa shape index (κ1) is 26.9. The molecule has 0 bridgehead atoms. The minimum atomic E-state index is -1.79. The summed E-state index contributed by atoms with van der Waals surface area (Å²) in [5.74, 6) is -2.26. The molecule has 1 unspecified atom stereocenters. The summed E-state index contributed by atoms with van der Waals surface area (Å²) in [7, 11) is 1.14. The van der Waals surface area contributed by atoms with Crippen LogP contribution in [0, 0.1) is 0 Å². The molecule has 0 fully saturated rings. The Balaban J connectivity index is 3.17. The molecule has 1 rings (SSSR count). The van der Waals surface area contributed by atoms with Crippen LogP contribution in [0.3, 0.4) is 0 Å². The van der Waals surface area contributed by atoms with Gasteiger partial charge in [-0.2, -0.15) is 0 Å². The van der Waals surface area contributed by atoms with Crippen molar-refractivity contribution in [3.05, 3.63) is 23.8 Å². The lowest BCUT2D eigenvalue weighted by atomic mass is 9.86. The van der Waals surface area contributed by atoms with E-state index in [0.717, 1.165) is 7.11 Å². The van der Waals surface area contributed by atoms with Gasteiger partial charge in [-0.15, -0.1) is 0 Å². The number of methoxy groups -OCH3 is 1. The highest BCUT2D eigenvalue weighted by Gasteiger charge is 2.37. The third kappa shape index (κ3) is 8.54. The number of benzene rings is 1. The standard InChI is InChI=1S/C22H31NO9/c1-5-7-18(24)31-16-10-9-15(11-17(16)32-19(25)8-6-2)13-22(23,20(26)27)12-14(3)30-21(28)29-4/h9-11,14H,5-8,12-13,23H2,1-4H3,(H,26,27)/t14-,22?/m0/s1. The number of esters is 2. The maximum absolute atomic E-state index is 12.0. The lowest BCUT2D eigenvalue weighted by molar-refractivity contribution is -0.144. The number of carboxylic acid groups (broad SMARTS) is 1. The lowest BCUT2D eigenvalue weighted by Gasteiger charge is -2.27. The van der Waals surface area contributed by atoms with E-state index in [0.29, 0.717) is 18.4 Å². The van der Waals surface area contributed by atoms with Gasteiger partial charge in [0, 0.05) is 25.7 Å². The van der Waals surface area contributed by atoms with Gasteiger partial charge in [-0.25, -0.2) is 4.79 Å². The van der Waals surface area contributed by atoms with Crippen molar-refractivity contribution in [1.29, 1.82) is 0 Å². The molecule has 3 N–H and O–H groups in total. The zero-order valence-corrected chi connectivity index (χ0v) is 18.8. The third-order valence-electron chi connectivity index (χ3n) is 4.43. The summed E-state index contributed by atoms with van der Waals surface area (Å²) in [4.78, 5) is 47.1. The molecule has 0 aromatic heterocycles. The van der Waals surface area contributed by atoms with Gasteiger partial charge in [0.05, 0.1) is 7.11 Å². The van der Waals surface area contributed by atoms with Gasteiger partial charge in [0.1, 0.15) is 11.6 Å². The van der Waals surface area contributed by atoms with Gasteiger partial charge < -0.3 is 29.8 Å². The number of rotatable bonds is 12. The molecular formula is C22H31NO9. The van der Waals surface area contributed by atoms with E-state index in [1.165, 1.54) is 25.1 Å². The Morgan fingerprint density at radius 2 is 1.59 bits per heavy atom. The molecule has 0 aliphatic carbocycles. The summed E-state index contributed by atoms with van der Waals surface area (Å²) < 4.78 is 20.0. The SMILES string of the molecule is CCCC(=O)Oc1ccc(CC(N)(C[C@H](C)OC(=O)OC)C(=O)O)cc1OC(=O)CCC. The van der Waals surface area contributed by atoms with Crippen molar-refractivity contribution in [1.82, 2.24) is 0 Å². The molecule has 0 radical (unpaired) electrons. The molecule has 0 saturated carbocycles. The molecule has 0 saturated heterocycles. The molecule has 1 aromatic carbocycles. The van der Waals surface area contributed by atoms with Crippen LogP contribution in [0.5, 0.6) is 11.5 Å². The molecule has 1 aromatic rings. The fraction of sp³-hybridized carbons (Fsp3) is 0.545. The van der Waals surface area contributed by atoms with E-state index in [1.807, 2.05) is 13.8 Å². The zero-order valence-electron chi connectivity index (χ0n) is 18.8. The maximum atomic E-state index is 12.0. The van der Waals surface area contributed by atoms with E-state index in [1.54, 1.807) is 0 Å². The number of carbonyl (C=O) groups is 4. The van der Waals surface area contributed by atoms with E-state index in [2.05, 4.69) is 4.74 Å². The van der Waals surface area contributed by atoms with Gasteiger partial charge in [-0.1, -0.05) is 19.9 Å². The monoisotopic (exact) mass is 453 g/mol. The zero-order chi connectivity index (χ0) is 24.3. The summed E-state index contributed by atoms with van der Waals surface area (Å²) in [6, 6.07) is 4.37. The van der Waals surface area contributed by atoms with Crippen molar-refractivity contribution in [2.45, 2.75) is 70.9 Å². The van der Waals surface area contributed by atoms with E-state index in [9.17, 15) is 24.3 Å². The summed E-state index contributed by atoms with van der Waals surface area (Å²) >= 11 is 0. The Bertz CT molecular complexity index is 824. The van der Waals surface area contributed by atoms with E-state index in [-0.39, 0.29) is 37.2 Å². The van der Waals surface area contributed by atoms with Gasteiger partial charge in [0.25, 0.3) is 0 Å². The Morgan fingerprint density at radius 1 is 1.03 bits per heavy atom. The van der Waals surface area contributed by atoms with E-state index >= 15 is 0 Å². The normalized spacial score (nSPS) is 13.4. The number of nitrogens with two attached hydrogens (primary N) is 1. The predicted molar refractivity (Wildman–Crippen MR) is 113 cm³/mol. The first-order chi connectivity index (χ1) is 15.0. The van der Waals surface area contributed by atoms with Gasteiger partial charge >= 0.3 is 24.1 Å². The van der Waals surface area contributed by atoms with Crippen LogP contribution in [0.15, 0.2) is 18.2 Å². The number of hydrogen-bond acceptors (Lipinski definition) is 9. The first-order valence-corrected chi connectivity index (χ1v) is 10.4. The summed E-state index contributed by atoms with van der Waals surface area (Å²) in [5.41, 5.74) is 4.76. The Labute approximate surface area is 187 Å². The largest absolute Gasteiger partial charge is 0.508 e. The second-order valence-electron chi connectivity index (χ2n) is 7.45. The Morgan fingerprint density at radius 3 is 2.09 bits per heavy atom. The van der Waals surface area contributed by atoms with Crippen LogP contribution < -0.4 is 15.2 Å². The fourth-order valence-electron chi connectivity index (χ4n) is 2.95. The maximum Gasteiger partial charge on any atom is 0.508 e. The van der Waals surface area contributed by atoms with Crippen molar-refractivity contribution in [2.24, 2.45) is 5.73 Å². The Hall–Kier alpha value is -3.14. The minimum Gasteiger partial charge on any atom is -0.480 e. The molecule has 10 nitrogen and oxygen atoms in total. The minimum absolute atomic E-state index is 0.00278. The van der Waals surface area contributed by atoms with Gasteiger partial charge in [0.15, 0.2) is 11.5 Å². The van der Waals surface area contributed by atoms with Crippen LogP contribution in [0.2, 0.25) is 0 Å². The number of ether oxygens (including phenoxy) is 4. The van der Waals surface area contributed by atoms with Crippen LogP contribution in [-0.2, 0) is 30.3 Å². The van der Waals surface area contributed by atoms with Gasteiger partial charge in [-0.3, -0.25) is 14.4 Å². The van der Waals surface area contributed by atoms with E-state index in [4.69, 9.17) is 19.9 Å². The number of carbonyl (C=O) groups excluding carboxylic acids is 3. The second-order valence-corrected chi connectivity index (χ2v) is 7.45. The highest BCUT2D eigenvalue weighted by molar-refractivity contribution is 5.79. The fourth-order valence-corrected chi connectivity index (χ4v) is 2.95. The average Bonchev–Trinajstić information content (AvgIpc) is 2.69. The van der Waals surface area contributed by atoms with Crippen LogP contribution in [0.1, 0.15) is 58.4 Å². The molecule has 178 valence electrons. The number of aliphatic carboxylic acids is 1. The molecule has 2 atom stereocenters. The van der Waals surface area contributed by atoms with Crippen molar-refractivity contribution in [2.75, 3.05) is 7.11 Å². The van der Waals surface area contributed by atoms with Crippen molar-refractivity contribution < 1.29 is 43.2 Å². The topological polar surface area (TPSA) is 151 Å². The molecule has 0 heterocycles. The second kappa shape index (κ2) is 12.7. The number of hydrogen-bond donors (Lipinski definition) is 2. The molecule has 0 aliphatic heterocycles.